The Hall–Kier alpha value is -0.760. The molecule has 78 valence electrons. The Morgan fingerprint density at radius 3 is 2.93 bits per heavy atom. The molecule has 1 aliphatic rings. The van der Waals surface area contributed by atoms with Crippen molar-refractivity contribution in [2.75, 3.05) is 0 Å². The number of para-hydroxylation sites is 1. The summed E-state index contributed by atoms with van der Waals surface area (Å²) in [6.07, 6.45) is 2.47. The van der Waals surface area contributed by atoms with E-state index in [9.17, 15) is 0 Å². The van der Waals surface area contributed by atoms with Gasteiger partial charge < -0.3 is 4.98 Å². The first-order valence-electron chi connectivity index (χ1n) is 5.39. The standard InChI is InChI=1S/C13H14BrN/c1-13(2)7-6-9-8-4-3-5-10(14)11(8)15-12(9)13/h3-5,15H,6-7H2,1-2H3. The summed E-state index contributed by atoms with van der Waals surface area (Å²) in [5, 5.41) is 1.39. The van der Waals surface area contributed by atoms with Gasteiger partial charge in [-0.3, -0.25) is 0 Å². The number of H-pyrrole nitrogens is 1. The lowest BCUT2D eigenvalue weighted by molar-refractivity contribution is 0.510. The molecule has 0 radical (unpaired) electrons. The normalized spacial score (nSPS) is 18.3. The second-order valence-corrected chi connectivity index (χ2v) is 5.88. The third-order valence-electron chi connectivity index (χ3n) is 3.57. The molecule has 1 aromatic heterocycles. The van der Waals surface area contributed by atoms with Crippen LogP contribution in [0, 0.1) is 0 Å². The molecule has 1 nitrogen and oxygen atoms in total. The molecule has 0 aliphatic heterocycles. The minimum atomic E-state index is 0.313. The number of aromatic nitrogens is 1. The zero-order valence-electron chi connectivity index (χ0n) is 9.02. The van der Waals surface area contributed by atoms with Crippen molar-refractivity contribution in [2.24, 2.45) is 0 Å². The van der Waals surface area contributed by atoms with Gasteiger partial charge in [0.05, 0.1) is 5.52 Å². The molecular weight excluding hydrogens is 250 g/mol. The predicted molar refractivity (Wildman–Crippen MR) is 67.3 cm³/mol. The summed E-state index contributed by atoms with van der Waals surface area (Å²) in [5.41, 5.74) is 4.53. The summed E-state index contributed by atoms with van der Waals surface area (Å²) < 4.78 is 1.17. The smallest absolute Gasteiger partial charge is 0.0603 e. The van der Waals surface area contributed by atoms with Crippen LogP contribution in [0.15, 0.2) is 22.7 Å². The Balaban J connectivity index is 2.39. The van der Waals surface area contributed by atoms with Crippen LogP contribution in [0.2, 0.25) is 0 Å². The Kier molecular flexibility index (Phi) is 1.82. The van der Waals surface area contributed by atoms with Crippen LogP contribution in [0.25, 0.3) is 10.9 Å². The van der Waals surface area contributed by atoms with E-state index in [-0.39, 0.29) is 0 Å². The average molecular weight is 264 g/mol. The van der Waals surface area contributed by atoms with Crippen LogP contribution >= 0.6 is 15.9 Å². The van der Waals surface area contributed by atoms with Gasteiger partial charge in [0.25, 0.3) is 0 Å². The molecule has 0 bridgehead atoms. The highest BCUT2D eigenvalue weighted by Gasteiger charge is 2.33. The van der Waals surface area contributed by atoms with E-state index in [0.29, 0.717) is 5.41 Å². The maximum Gasteiger partial charge on any atom is 0.0603 e. The first kappa shape index (κ1) is 9.46. The number of halogens is 1. The second kappa shape index (κ2) is 2.88. The Bertz CT molecular complexity index is 537. The molecule has 2 aromatic rings. The van der Waals surface area contributed by atoms with Gasteiger partial charge in [-0.1, -0.05) is 26.0 Å². The van der Waals surface area contributed by atoms with Crippen molar-refractivity contribution in [2.45, 2.75) is 32.1 Å². The molecular formula is C13H14BrN. The van der Waals surface area contributed by atoms with E-state index in [2.05, 4.69) is 53.0 Å². The molecule has 0 fully saturated rings. The van der Waals surface area contributed by atoms with Crippen molar-refractivity contribution in [3.63, 3.8) is 0 Å². The van der Waals surface area contributed by atoms with Crippen molar-refractivity contribution in [3.8, 4) is 0 Å². The minimum Gasteiger partial charge on any atom is -0.357 e. The molecule has 15 heavy (non-hydrogen) atoms. The number of hydrogen-bond donors (Lipinski definition) is 1. The number of rotatable bonds is 0. The molecule has 0 saturated carbocycles. The number of aryl methyl sites for hydroxylation is 1. The number of nitrogens with one attached hydrogen (secondary N) is 1. The van der Waals surface area contributed by atoms with Gasteiger partial charge >= 0.3 is 0 Å². The molecule has 2 heteroatoms. The summed E-state index contributed by atoms with van der Waals surface area (Å²) in [6.45, 7) is 4.64. The van der Waals surface area contributed by atoms with E-state index in [4.69, 9.17) is 0 Å². The number of fused-ring (bicyclic) bond motifs is 3. The van der Waals surface area contributed by atoms with Gasteiger partial charge in [0, 0.05) is 21.0 Å². The van der Waals surface area contributed by atoms with Crippen molar-refractivity contribution in [1.82, 2.24) is 4.98 Å². The molecule has 1 N–H and O–H groups in total. The molecule has 0 atom stereocenters. The molecule has 0 amide bonds. The average Bonchev–Trinajstić information content (AvgIpc) is 2.67. The van der Waals surface area contributed by atoms with Crippen LogP contribution in [-0.4, -0.2) is 4.98 Å². The summed E-state index contributed by atoms with van der Waals surface area (Å²) >= 11 is 3.60. The summed E-state index contributed by atoms with van der Waals surface area (Å²) in [7, 11) is 0. The van der Waals surface area contributed by atoms with E-state index >= 15 is 0 Å². The van der Waals surface area contributed by atoms with Crippen molar-refractivity contribution in [1.29, 1.82) is 0 Å². The summed E-state index contributed by atoms with van der Waals surface area (Å²) in [5.74, 6) is 0. The lowest BCUT2D eigenvalue weighted by Gasteiger charge is -2.16. The van der Waals surface area contributed by atoms with Crippen LogP contribution in [0.3, 0.4) is 0 Å². The number of benzene rings is 1. The van der Waals surface area contributed by atoms with E-state index < -0.39 is 0 Å². The van der Waals surface area contributed by atoms with Gasteiger partial charge in [0.2, 0.25) is 0 Å². The van der Waals surface area contributed by atoms with Gasteiger partial charge in [-0.05, 0) is 40.4 Å². The lowest BCUT2D eigenvalue weighted by Crippen LogP contribution is -2.12. The van der Waals surface area contributed by atoms with Crippen LogP contribution < -0.4 is 0 Å². The van der Waals surface area contributed by atoms with E-state index in [0.717, 1.165) is 0 Å². The van der Waals surface area contributed by atoms with Gasteiger partial charge in [-0.2, -0.15) is 0 Å². The van der Waals surface area contributed by atoms with Crippen LogP contribution in [0.1, 0.15) is 31.5 Å². The number of aromatic amines is 1. The highest BCUT2D eigenvalue weighted by atomic mass is 79.9. The fraction of sp³-hybridized carbons (Fsp3) is 0.385. The van der Waals surface area contributed by atoms with E-state index in [1.807, 2.05) is 0 Å². The topological polar surface area (TPSA) is 15.8 Å². The predicted octanol–water partition coefficient (Wildman–Crippen LogP) is 4.15. The van der Waals surface area contributed by atoms with Gasteiger partial charge in [0.1, 0.15) is 0 Å². The first-order valence-corrected chi connectivity index (χ1v) is 6.18. The molecule has 3 rings (SSSR count). The van der Waals surface area contributed by atoms with Crippen molar-refractivity contribution in [3.05, 3.63) is 33.9 Å². The summed E-state index contributed by atoms with van der Waals surface area (Å²) in [4.78, 5) is 3.59. The van der Waals surface area contributed by atoms with Gasteiger partial charge in [-0.25, -0.2) is 0 Å². The largest absolute Gasteiger partial charge is 0.357 e. The molecule has 0 spiro atoms. The zero-order chi connectivity index (χ0) is 10.6. The van der Waals surface area contributed by atoms with Crippen LogP contribution in [-0.2, 0) is 11.8 Å². The Labute approximate surface area is 98.0 Å². The van der Waals surface area contributed by atoms with Gasteiger partial charge in [0.15, 0.2) is 0 Å². The fourth-order valence-electron chi connectivity index (χ4n) is 2.64. The maximum atomic E-state index is 3.60. The monoisotopic (exact) mass is 263 g/mol. The van der Waals surface area contributed by atoms with Gasteiger partial charge in [-0.15, -0.1) is 0 Å². The third-order valence-corrected chi connectivity index (χ3v) is 4.23. The highest BCUT2D eigenvalue weighted by molar-refractivity contribution is 9.10. The maximum absolute atomic E-state index is 3.60. The van der Waals surface area contributed by atoms with Crippen LogP contribution in [0.5, 0.6) is 0 Å². The lowest BCUT2D eigenvalue weighted by atomic mass is 9.91. The fourth-order valence-corrected chi connectivity index (χ4v) is 3.10. The molecule has 0 saturated heterocycles. The third kappa shape index (κ3) is 1.21. The Morgan fingerprint density at radius 2 is 2.13 bits per heavy atom. The van der Waals surface area contributed by atoms with E-state index in [1.54, 1.807) is 0 Å². The first-order chi connectivity index (χ1) is 7.09. The van der Waals surface area contributed by atoms with Crippen molar-refractivity contribution < 1.29 is 0 Å². The molecule has 1 heterocycles. The Morgan fingerprint density at radius 1 is 1.33 bits per heavy atom. The quantitative estimate of drug-likeness (QED) is 0.735. The zero-order valence-corrected chi connectivity index (χ0v) is 10.6. The molecule has 1 aromatic carbocycles. The minimum absolute atomic E-state index is 0.313. The molecule has 0 unspecified atom stereocenters. The van der Waals surface area contributed by atoms with Crippen molar-refractivity contribution >= 4 is 26.8 Å². The molecule has 1 aliphatic carbocycles. The highest BCUT2D eigenvalue weighted by Crippen LogP contribution is 2.42. The van der Waals surface area contributed by atoms with Crippen LogP contribution in [0.4, 0.5) is 0 Å². The number of hydrogen-bond acceptors (Lipinski definition) is 0. The second-order valence-electron chi connectivity index (χ2n) is 5.02. The SMILES string of the molecule is CC1(C)CCc2c1[nH]c1c(Br)cccc21. The summed E-state index contributed by atoms with van der Waals surface area (Å²) in [6, 6.07) is 6.43. The van der Waals surface area contributed by atoms with E-state index in [1.165, 1.54) is 39.5 Å².